The van der Waals surface area contributed by atoms with Crippen molar-refractivity contribution >= 4 is 27.5 Å². The Bertz CT molecular complexity index is 886. The minimum absolute atomic E-state index is 0.0963. The molecule has 0 aliphatic carbocycles. The molecule has 2 heterocycles. The molecule has 25 heavy (non-hydrogen) atoms. The maximum atomic E-state index is 12.5. The van der Waals surface area contributed by atoms with Gasteiger partial charge in [0, 0.05) is 30.3 Å². The molecular formula is C19H21BrN4O. The van der Waals surface area contributed by atoms with Crippen LogP contribution in [0, 0.1) is 13.8 Å². The number of amides is 1. The standard InChI is InChI=1S/C19H21BrN4O/c1-13-3-8-17-23-14(2)18(24(17)12-13)19(25)22-10-9-21-11-15-4-6-16(20)7-5-15/h3-8,12,21H,9-11H2,1-2H3,(H,22,25). The number of pyridine rings is 1. The van der Waals surface area contributed by atoms with Crippen molar-refractivity contribution in [2.75, 3.05) is 13.1 Å². The molecule has 0 saturated carbocycles. The number of rotatable bonds is 6. The monoisotopic (exact) mass is 400 g/mol. The van der Waals surface area contributed by atoms with Gasteiger partial charge < -0.3 is 10.6 Å². The first-order valence-electron chi connectivity index (χ1n) is 8.23. The molecular weight excluding hydrogens is 380 g/mol. The Kier molecular flexibility index (Phi) is 5.50. The van der Waals surface area contributed by atoms with Gasteiger partial charge in [-0.05, 0) is 43.2 Å². The van der Waals surface area contributed by atoms with Crippen LogP contribution < -0.4 is 10.6 Å². The zero-order valence-electron chi connectivity index (χ0n) is 14.3. The van der Waals surface area contributed by atoms with E-state index in [0.29, 0.717) is 18.8 Å². The second-order valence-electron chi connectivity index (χ2n) is 6.04. The zero-order valence-corrected chi connectivity index (χ0v) is 15.9. The molecule has 0 saturated heterocycles. The number of hydrogen-bond donors (Lipinski definition) is 2. The number of carbonyl (C=O) groups excluding carboxylic acids is 1. The Hall–Kier alpha value is -2.18. The van der Waals surface area contributed by atoms with Crippen molar-refractivity contribution in [1.29, 1.82) is 0 Å². The molecule has 3 rings (SSSR count). The number of hydrogen-bond acceptors (Lipinski definition) is 3. The molecule has 0 radical (unpaired) electrons. The summed E-state index contributed by atoms with van der Waals surface area (Å²) in [7, 11) is 0. The van der Waals surface area contributed by atoms with Gasteiger partial charge in [0.25, 0.3) is 5.91 Å². The van der Waals surface area contributed by atoms with Crippen LogP contribution in [0.3, 0.4) is 0 Å². The fourth-order valence-corrected chi connectivity index (χ4v) is 2.99. The van der Waals surface area contributed by atoms with Gasteiger partial charge in [0.05, 0.1) is 5.69 Å². The topological polar surface area (TPSA) is 58.4 Å². The summed E-state index contributed by atoms with van der Waals surface area (Å²) in [5, 5.41) is 6.29. The Morgan fingerprint density at radius 3 is 2.64 bits per heavy atom. The van der Waals surface area contributed by atoms with Crippen molar-refractivity contribution in [3.8, 4) is 0 Å². The number of carbonyl (C=O) groups is 1. The van der Waals surface area contributed by atoms with E-state index in [1.54, 1.807) is 0 Å². The lowest BCUT2D eigenvalue weighted by molar-refractivity contribution is 0.0947. The predicted molar refractivity (Wildman–Crippen MR) is 103 cm³/mol. The fourth-order valence-electron chi connectivity index (χ4n) is 2.73. The number of aromatic nitrogens is 2. The summed E-state index contributed by atoms with van der Waals surface area (Å²) in [5.41, 5.74) is 4.44. The Balaban J connectivity index is 1.54. The van der Waals surface area contributed by atoms with Crippen molar-refractivity contribution in [3.63, 3.8) is 0 Å². The zero-order chi connectivity index (χ0) is 17.8. The second kappa shape index (κ2) is 7.80. The average Bonchev–Trinajstić information content (AvgIpc) is 2.91. The van der Waals surface area contributed by atoms with Crippen molar-refractivity contribution < 1.29 is 4.79 Å². The maximum absolute atomic E-state index is 12.5. The Morgan fingerprint density at radius 1 is 1.12 bits per heavy atom. The molecule has 0 atom stereocenters. The minimum Gasteiger partial charge on any atom is -0.349 e. The minimum atomic E-state index is -0.0963. The van der Waals surface area contributed by atoms with Crippen LogP contribution >= 0.6 is 15.9 Å². The molecule has 1 amide bonds. The third-order valence-corrected chi connectivity index (χ3v) is 4.51. The van der Waals surface area contributed by atoms with E-state index in [0.717, 1.165) is 27.9 Å². The lowest BCUT2D eigenvalue weighted by atomic mass is 10.2. The summed E-state index contributed by atoms with van der Waals surface area (Å²) >= 11 is 3.43. The quantitative estimate of drug-likeness (QED) is 0.624. The first-order valence-corrected chi connectivity index (χ1v) is 9.02. The van der Waals surface area contributed by atoms with Crippen LogP contribution in [0.2, 0.25) is 0 Å². The first kappa shape index (κ1) is 17.6. The highest BCUT2D eigenvalue weighted by atomic mass is 79.9. The highest BCUT2D eigenvalue weighted by Gasteiger charge is 2.15. The van der Waals surface area contributed by atoms with Crippen LogP contribution in [-0.2, 0) is 6.54 Å². The molecule has 0 unspecified atom stereocenters. The van der Waals surface area contributed by atoms with Crippen molar-refractivity contribution in [2.24, 2.45) is 0 Å². The largest absolute Gasteiger partial charge is 0.349 e. The molecule has 2 N–H and O–H groups in total. The third-order valence-electron chi connectivity index (χ3n) is 3.99. The number of nitrogens with zero attached hydrogens (tertiary/aromatic N) is 2. The molecule has 0 aliphatic heterocycles. The average molecular weight is 401 g/mol. The molecule has 3 aromatic rings. The molecule has 2 aromatic heterocycles. The van der Waals surface area contributed by atoms with Crippen molar-refractivity contribution in [1.82, 2.24) is 20.0 Å². The van der Waals surface area contributed by atoms with Gasteiger partial charge in [0.2, 0.25) is 0 Å². The van der Waals surface area contributed by atoms with Crippen LogP contribution in [0.4, 0.5) is 0 Å². The Morgan fingerprint density at radius 2 is 1.88 bits per heavy atom. The normalized spacial score (nSPS) is 11.0. The van der Waals surface area contributed by atoms with Crippen molar-refractivity contribution in [2.45, 2.75) is 20.4 Å². The first-order chi connectivity index (χ1) is 12.0. The van der Waals surface area contributed by atoms with Gasteiger partial charge >= 0.3 is 0 Å². The maximum Gasteiger partial charge on any atom is 0.270 e. The predicted octanol–water partition coefficient (Wildman–Crippen LogP) is 3.23. The van der Waals surface area contributed by atoms with E-state index in [-0.39, 0.29) is 5.91 Å². The van der Waals surface area contributed by atoms with E-state index >= 15 is 0 Å². The molecule has 1 aromatic carbocycles. The number of halogens is 1. The molecule has 0 fully saturated rings. The molecule has 0 bridgehead atoms. The van der Waals surface area contributed by atoms with Gasteiger partial charge in [-0.25, -0.2) is 4.98 Å². The van der Waals surface area contributed by atoms with Gasteiger partial charge in [-0.1, -0.05) is 34.1 Å². The van der Waals surface area contributed by atoms with Crippen LogP contribution in [0.1, 0.15) is 27.3 Å². The summed E-state index contributed by atoms with van der Waals surface area (Å²) in [6.07, 6.45) is 1.94. The van der Waals surface area contributed by atoms with Crippen LogP contribution in [0.5, 0.6) is 0 Å². The molecule has 0 spiro atoms. The highest BCUT2D eigenvalue weighted by Crippen LogP contribution is 2.13. The van der Waals surface area contributed by atoms with Gasteiger partial charge in [0.1, 0.15) is 11.3 Å². The van der Waals surface area contributed by atoms with Crippen LogP contribution in [0.15, 0.2) is 47.1 Å². The van der Waals surface area contributed by atoms with Crippen molar-refractivity contribution in [3.05, 3.63) is 69.6 Å². The SMILES string of the molecule is Cc1ccc2nc(C)c(C(=O)NCCNCc3ccc(Br)cc3)n2c1. The number of imidazole rings is 1. The molecule has 6 heteroatoms. The summed E-state index contributed by atoms with van der Waals surface area (Å²) < 4.78 is 2.93. The Labute approximate surface area is 155 Å². The third kappa shape index (κ3) is 4.27. The molecule has 130 valence electrons. The van der Waals surface area contributed by atoms with Gasteiger partial charge in [-0.15, -0.1) is 0 Å². The lowest BCUT2D eigenvalue weighted by Gasteiger charge is -2.08. The fraction of sp³-hybridized carbons (Fsp3) is 0.263. The highest BCUT2D eigenvalue weighted by molar-refractivity contribution is 9.10. The number of nitrogens with one attached hydrogen (secondary N) is 2. The number of benzene rings is 1. The van der Waals surface area contributed by atoms with E-state index in [4.69, 9.17) is 0 Å². The lowest BCUT2D eigenvalue weighted by Crippen LogP contribution is -2.32. The summed E-state index contributed by atoms with van der Waals surface area (Å²) in [6.45, 7) is 5.91. The summed E-state index contributed by atoms with van der Waals surface area (Å²) in [5.74, 6) is -0.0963. The number of aryl methyl sites for hydroxylation is 2. The van der Waals surface area contributed by atoms with Gasteiger partial charge in [0.15, 0.2) is 0 Å². The van der Waals surface area contributed by atoms with E-state index in [1.165, 1.54) is 5.56 Å². The van der Waals surface area contributed by atoms with Crippen LogP contribution in [0.25, 0.3) is 5.65 Å². The summed E-state index contributed by atoms with van der Waals surface area (Å²) in [6, 6.07) is 12.1. The van der Waals surface area contributed by atoms with E-state index in [1.807, 2.05) is 48.7 Å². The molecule has 0 aliphatic rings. The molecule has 5 nitrogen and oxygen atoms in total. The number of fused-ring (bicyclic) bond motifs is 1. The van der Waals surface area contributed by atoms with E-state index < -0.39 is 0 Å². The van der Waals surface area contributed by atoms with Gasteiger partial charge in [-0.3, -0.25) is 9.20 Å². The van der Waals surface area contributed by atoms with Gasteiger partial charge in [-0.2, -0.15) is 0 Å². The van der Waals surface area contributed by atoms with E-state index in [2.05, 4.69) is 43.7 Å². The summed E-state index contributed by atoms with van der Waals surface area (Å²) in [4.78, 5) is 17.0. The second-order valence-corrected chi connectivity index (χ2v) is 6.96. The van der Waals surface area contributed by atoms with Crippen LogP contribution in [-0.4, -0.2) is 28.4 Å². The smallest absolute Gasteiger partial charge is 0.270 e. The van der Waals surface area contributed by atoms with E-state index in [9.17, 15) is 4.79 Å².